The molecule has 0 spiro atoms. The molecule has 0 bridgehead atoms. The summed E-state index contributed by atoms with van der Waals surface area (Å²) in [5, 5.41) is 11.4. The maximum Gasteiger partial charge on any atom is 0.416 e. The maximum atomic E-state index is 12.5. The predicted octanol–water partition coefficient (Wildman–Crippen LogP) is 3.25. The van der Waals surface area contributed by atoms with E-state index in [4.69, 9.17) is 0 Å². The van der Waals surface area contributed by atoms with Crippen molar-refractivity contribution in [3.05, 3.63) is 41.5 Å². The average Bonchev–Trinajstić information content (AvgIpc) is 2.88. The molecule has 2 aromatic rings. The number of rotatable bonds is 3. The number of alkyl halides is 3. The molecule has 0 saturated heterocycles. The van der Waals surface area contributed by atoms with Gasteiger partial charge in [-0.15, -0.1) is 10.2 Å². The number of aromatic nitrogens is 3. The molecule has 0 fully saturated rings. The van der Waals surface area contributed by atoms with Crippen molar-refractivity contribution in [1.29, 1.82) is 0 Å². The van der Waals surface area contributed by atoms with Gasteiger partial charge in [-0.05, 0) is 37.1 Å². The van der Waals surface area contributed by atoms with Crippen LogP contribution in [0.15, 0.2) is 24.3 Å². The summed E-state index contributed by atoms with van der Waals surface area (Å²) >= 11 is 0. The molecule has 1 N–H and O–H groups in total. The second-order valence-corrected chi connectivity index (χ2v) is 5.07. The highest BCUT2D eigenvalue weighted by atomic mass is 19.4. The van der Waals surface area contributed by atoms with E-state index in [0.717, 1.165) is 49.6 Å². The summed E-state index contributed by atoms with van der Waals surface area (Å²) in [6.45, 7) is 1.37. The Labute approximate surface area is 120 Å². The van der Waals surface area contributed by atoms with Crippen molar-refractivity contribution in [3.63, 3.8) is 0 Å². The van der Waals surface area contributed by atoms with E-state index in [0.29, 0.717) is 12.2 Å². The predicted molar refractivity (Wildman–Crippen MR) is 71.7 cm³/mol. The van der Waals surface area contributed by atoms with E-state index in [1.54, 1.807) is 0 Å². The summed E-state index contributed by atoms with van der Waals surface area (Å²) in [6, 6.07) is 5.00. The molecular weight excluding hydrogens is 281 g/mol. The molecule has 21 heavy (non-hydrogen) atoms. The van der Waals surface area contributed by atoms with Crippen LogP contribution in [-0.4, -0.2) is 14.8 Å². The molecule has 1 aliphatic heterocycles. The van der Waals surface area contributed by atoms with Crippen molar-refractivity contribution >= 4 is 5.69 Å². The lowest BCUT2D eigenvalue weighted by atomic mass is 10.1. The van der Waals surface area contributed by atoms with E-state index in [1.807, 2.05) is 0 Å². The van der Waals surface area contributed by atoms with Gasteiger partial charge in [0.1, 0.15) is 5.82 Å². The minimum atomic E-state index is -4.30. The zero-order valence-corrected chi connectivity index (χ0v) is 11.3. The van der Waals surface area contributed by atoms with Crippen molar-refractivity contribution in [2.75, 3.05) is 5.32 Å². The highest BCUT2D eigenvalue weighted by molar-refractivity contribution is 5.45. The minimum absolute atomic E-state index is 0.457. The number of nitrogens with one attached hydrogen (secondary N) is 1. The van der Waals surface area contributed by atoms with Crippen LogP contribution in [0.25, 0.3) is 0 Å². The van der Waals surface area contributed by atoms with Crippen LogP contribution in [0, 0.1) is 0 Å². The molecule has 0 atom stereocenters. The summed E-state index contributed by atoms with van der Waals surface area (Å²) in [7, 11) is 0. The van der Waals surface area contributed by atoms with Gasteiger partial charge in [0, 0.05) is 18.7 Å². The van der Waals surface area contributed by atoms with Crippen molar-refractivity contribution in [2.24, 2.45) is 0 Å². The minimum Gasteiger partial charge on any atom is -0.378 e. The number of anilines is 1. The molecule has 0 saturated carbocycles. The van der Waals surface area contributed by atoms with Gasteiger partial charge in [0.05, 0.1) is 12.1 Å². The zero-order valence-electron chi connectivity index (χ0n) is 11.3. The summed E-state index contributed by atoms with van der Waals surface area (Å²) < 4.78 is 39.5. The smallest absolute Gasteiger partial charge is 0.378 e. The number of nitrogens with zero attached hydrogens (tertiary/aromatic N) is 3. The number of aryl methyl sites for hydroxylation is 1. The van der Waals surface area contributed by atoms with E-state index in [2.05, 4.69) is 20.1 Å². The van der Waals surface area contributed by atoms with Gasteiger partial charge in [-0.1, -0.05) is 0 Å². The SMILES string of the molecule is FC(F)(F)c1ccc(NCc2nnc3n2CCCC3)cc1. The normalized spacial score (nSPS) is 14.8. The van der Waals surface area contributed by atoms with E-state index >= 15 is 0 Å². The summed E-state index contributed by atoms with van der Waals surface area (Å²) in [5.74, 6) is 1.81. The third kappa shape index (κ3) is 3.01. The Kier molecular flexibility index (Phi) is 3.57. The van der Waals surface area contributed by atoms with Gasteiger partial charge in [-0.3, -0.25) is 0 Å². The van der Waals surface area contributed by atoms with Crippen molar-refractivity contribution in [1.82, 2.24) is 14.8 Å². The first-order valence-corrected chi connectivity index (χ1v) is 6.86. The van der Waals surface area contributed by atoms with Crippen molar-refractivity contribution < 1.29 is 13.2 Å². The van der Waals surface area contributed by atoms with Gasteiger partial charge in [0.15, 0.2) is 5.82 Å². The van der Waals surface area contributed by atoms with Gasteiger partial charge in [0.2, 0.25) is 0 Å². The quantitative estimate of drug-likeness (QED) is 0.945. The largest absolute Gasteiger partial charge is 0.416 e. The first-order chi connectivity index (χ1) is 10.0. The highest BCUT2D eigenvalue weighted by Crippen LogP contribution is 2.29. The molecule has 0 radical (unpaired) electrons. The first-order valence-electron chi connectivity index (χ1n) is 6.86. The van der Waals surface area contributed by atoms with Crippen LogP contribution in [0.4, 0.5) is 18.9 Å². The highest BCUT2D eigenvalue weighted by Gasteiger charge is 2.29. The molecule has 0 aliphatic carbocycles. The molecule has 4 nitrogen and oxygen atoms in total. The lowest BCUT2D eigenvalue weighted by Crippen LogP contribution is -2.15. The Balaban J connectivity index is 1.66. The molecule has 112 valence electrons. The Hall–Kier alpha value is -2.05. The van der Waals surface area contributed by atoms with E-state index < -0.39 is 11.7 Å². The molecule has 0 amide bonds. The molecular formula is C14H15F3N4. The van der Waals surface area contributed by atoms with Crippen molar-refractivity contribution in [2.45, 2.75) is 38.5 Å². The molecule has 1 aromatic carbocycles. The van der Waals surface area contributed by atoms with Gasteiger partial charge >= 0.3 is 6.18 Å². The molecule has 0 unspecified atom stereocenters. The summed E-state index contributed by atoms with van der Waals surface area (Å²) in [4.78, 5) is 0. The number of fused-ring (bicyclic) bond motifs is 1. The van der Waals surface area contributed by atoms with E-state index in [9.17, 15) is 13.2 Å². The van der Waals surface area contributed by atoms with Gasteiger partial charge in [-0.25, -0.2) is 0 Å². The van der Waals surface area contributed by atoms with Crippen LogP contribution in [0.5, 0.6) is 0 Å². The molecule has 7 heteroatoms. The summed E-state index contributed by atoms with van der Waals surface area (Å²) in [5.41, 5.74) is -0.0101. The molecule has 1 aromatic heterocycles. The average molecular weight is 296 g/mol. The second-order valence-electron chi connectivity index (χ2n) is 5.07. The van der Waals surface area contributed by atoms with E-state index in [-0.39, 0.29) is 0 Å². The van der Waals surface area contributed by atoms with Gasteiger partial charge < -0.3 is 9.88 Å². The summed E-state index contributed by atoms with van der Waals surface area (Å²) in [6.07, 6.45) is -1.12. The monoisotopic (exact) mass is 296 g/mol. The Morgan fingerprint density at radius 2 is 1.86 bits per heavy atom. The molecule has 2 heterocycles. The number of hydrogen-bond acceptors (Lipinski definition) is 3. The maximum absolute atomic E-state index is 12.5. The zero-order chi connectivity index (χ0) is 14.9. The fourth-order valence-electron chi connectivity index (χ4n) is 2.46. The van der Waals surface area contributed by atoms with Gasteiger partial charge in [-0.2, -0.15) is 13.2 Å². The number of benzene rings is 1. The number of halogens is 3. The van der Waals surface area contributed by atoms with Crippen LogP contribution in [0.2, 0.25) is 0 Å². The Bertz CT molecular complexity index is 616. The van der Waals surface area contributed by atoms with Crippen LogP contribution in [0.3, 0.4) is 0 Å². The molecule has 1 aliphatic rings. The molecule has 3 rings (SSSR count). The third-order valence-corrected chi connectivity index (χ3v) is 3.60. The Morgan fingerprint density at radius 3 is 2.57 bits per heavy atom. The third-order valence-electron chi connectivity index (χ3n) is 3.60. The second kappa shape index (κ2) is 5.38. The van der Waals surface area contributed by atoms with Gasteiger partial charge in [0.25, 0.3) is 0 Å². The fourth-order valence-corrected chi connectivity index (χ4v) is 2.46. The first kappa shape index (κ1) is 13.9. The standard InChI is InChI=1S/C14H15F3N4/c15-14(16,17)10-4-6-11(7-5-10)18-9-13-20-19-12-3-1-2-8-21(12)13/h4-7,18H,1-3,8-9H2. The van der Waals surface area contributed by atoms with E-state index in [1.165, 1.54) is 12.1 Å². The van der Waals surface area contributed by atoms with Crippen LogP contribution in [0.1, 0.15) is 30.1 Å². The fraction of sp³-hybridized carbons (Fsp3) is 0.429. The van der Waals surface area contributed by atoms with Crippen molar-refractivity contribution in [3.8, 4) is 0 Å². The topological polar surface area (TPSA) is 42.7 Å². The van der Waals surface area contributed by atoms with Crippen LogP contribution >= 0.6 is 0 Å². The lowest BCUT2D eigenvalue weighted by molar-refractivity contribution is -0.137. The Morgan fingerprint density at radius 1 is 1.10 bits per heavy atom. The van der Waals surface area contributed by atoms with Crippen LogP contribution < -0.4 is 5.32 Å². The van der Waals surface area contributed by atoms with Crippen LogP contribution in [-0.2, 0) is 25.7 Å². The lowest BCUT2D eigenvalue weighted by Gasteiger charge is -2.15. The number of hydrogen-bond donors (Lipinski definition) is 1.